The van der Waals surface area contributed by atoms with E-state index in [0.717, 1.165) is 13.1 Å². The van der Waals surface area contributed by atoms with Gasteiger partial charge < -0.3 is 15.3 Å². The molecule has 0 bridgehead atoms. The van der Waals surface area contributed by atoms with Crippen LogP contribution in [0.25, 0.3) is 0 Å². The van der Waals surface area contributed by atoms with Crippen LogP contribution in [0.3, 0.4) is 0 Å². The molecular weight excluding hydrogens is 212 g/mol. The molecule has 1 fully saturated rings. The van der Waals surface area contributed by atoms with Crippen LogP contribution in [0.5, 0.6) is 0 Å². The summed E-state index contributed by atoms with van der Waals surface area (Å²) >= 11 is 2.01. The zero-order valence-corrected chi connectivity index (χ0v) is 10.1. The molecule has 1 aliphatic rings. The van der Waals surface area contributed by atoms with Gasteiger partial charge in [0.2, 0.25) is 0 Å². The minimum absolute atomic E-state index is 0.0710. The summed E-state index contributed by atoms with van der Waals surface area (Å²) < 4.78 is 0. The van der Waals surface area contributed by atoms with E-state index in [9.17, 15) is 4.79 Å². The lowest BCUT2D eigenvalue weighted by atomic mass is 10.2. The van der Waals surface area contributed by atoms with Gasteiger partial charge in [0.25, 0.3) is 0 Å². The van der Waals surface area contributed by atoms with Crippen LogP contribution < -0.4 is 5.32 Å². The van der Waals surface area contributed by atoms with E-state index >= 15 is 0 Å². The van der Waals surface area contributed by atoms with Crippen molar-refractivity contribution in [1.29, 1.82) is 0 Å². The summed E-state index contributed by atoms with van der Waals surface area (Å²) in [6.45, 7) is 6.17. The summed E-state index contributed by atoms with van der Waals surface area (Å²) in [5.41, 5.74) is 0. The molecule has 5 heteroatoms. The molecule has 1 heterocycles. The van der Waals surface area contributed by atoms with Gasteiger partial charge in [-0.2, -0.15) is 11.8 Å². The number of nitrogens with one attached hydrogen (secondary N) is 1. The molecule has 0 saturated carbocycles. The lowest BCUT2D eigenvalue weighted by molar-refractivity contribution is -0.137. The third-order valence-electron chi connectivity index (χ3n) is 2.51. The van der Waals surface area contributed by atoms with Crippen molar-refractivity contribution in [3.63, 3.8) is 0 Å². The van der Waals surface area contributed by atoms with Gasteiger partial charge in [0, 0.05) is 43.7 Å². The number of aliphatic carboxylic acids is 1. The molecule has 1 unspecified atom stereocenters. The molecule has 0 spiro atoms. The van der Waals surface area contributed by atoms with E-state index in [1.54, 1.807) is 0 Å². The molecular formula is C10H20N2O2S. The normalized spacial score (nSPS) is 20.1. The molecule has 4 nitrogen and oxygen atoms in total. The Morgan fingerprint density at radius 1 is 1.53 bits per heavy atom. The van der Waals surface area contributed by atoms with E-state index in [-0.39, 0.29) is 12.5 Å². The topological polar surface area (TPSA) is 52.6 Å². The molecule has 2 N–H and O–H groups in total. The lowest BCUT2D eigenvalue weighted by Crippen LogP contribution is -2.40. The second kappa shape index (κ2) is 7.09. The molecule has 15 heavy (non-hydrogen) atoms. The number of carboxylic acids is 1. The second-order valence-corrected chi connectivity index (χ2v) is 5.13. The van der Waals surface area contributed by atoms with Crippen molar-refractivity contribution in [3.8, 4) is 0 Å². The van der Waals surface area contributed by atoms with Gasteiger partial charge in [0.15, 0.2) is 0 Å². The molecule has 1 aliphatic heterocycles. The molecule has 0 aliphatic carbocycles. The molecule has 1 atom stereocenters. The lowest BCUT2D eigenvalue weighted by Gasteiger charge is -2.26. The molecule has 0 amide bonds. The van der Waals surface area contributed by atoms with Crippen molar-refractivity contribution in [2.45, 2.75) is 19.4 Å². The fourth-order valence-corrected chi connectivity index (χ4v) is 2.61. The molecule has 0 aromatic heterocycles. The van der Waals surface area contributed by atoms with Crippen LogP contribution in [0.2, 0.25) is 0 Å². The molecule has 0 aromatic rings. The monoisotopic (exact) mass is 232 g/mol. The van der Waals surface area contributed by atoms with Crippen LogP contribution in [0.1, 0.15) is 13.3 Å². The fraction of sp³-hybridized carbons (Fsp3) is 0.900. The highest BCUT2D eigenvalue weighted by atomic mass is 32.2. The van der Waals surface area contributed by atoms with Gasteiger partial charge >= 0.3 is 5.97 Å². The summed E-state index contributed by atoms with van der Waals surface area (Å²) in [6.07, 6.45) is 0.204. The van der Waals surface area contributed by atoms with E-state index in [4.69, 9.17) is 5.11 Å². The zero-order valence-electron chi connectivity index (χ0n) is 9.24. The number of hydrogen-bond donors (Lipinski definition) is 2. The first kappa shape index (κ1) is 12.8. The van der Waals surface area contributed by atoms with Crippen molar-refractivity contribution in [2.75, 3.05) is 37.7 Å². The van der Waals surface area contributed by atoms with E-state index in [0.29, 0.717) is 0 Å². The maximum Gasteiger partial charge on any atom is 0.304 e. The highest BCUT2D eigenvalue weighted by Crippen LogP contribution is 2.07. The zero-order chi connectivity index (χ0) is 11.1. The second-order valence-electron chi connectivity index (χ2n) is 3.91. The van der Waals surface area contributed by atoms with Gasteiger partial charge in [-0.05, 0) is 6.92 Å². The Hall–Kier alpha value is -0.260. The number of carboxylic acid groups (broad SMARTS) is 1. The summed E-state index contributed by atoms with van der Waals surface area (Å²) in [5.74, 6) is 1.72. The average molecular weight is 232 g/mol. The van der Waals surface area contributed by atoms with Gasteiger partial charge in [-0.15, -0.1) is 0 Å². The predicted molar refractivity (Wildman–Crippen MR) is 63.5 cm³/mol. The van der Waals surface area contributed by atoms with Crippen molar-refractivity contribution >= 4 is 17.7 Å². The third-order valence-corrected chi connectivity index (χ3v) is 3.45. The Balaban J connectivity index is 2.02. The van der Waals surface area contributed by atoms with Crippen LogP contribution in [-0.4, -0.2) is 59.7 Å². The van der Waals surface area contributed by atoms with Crippen molar-refractivity contribution < 1.29 is 9.90 Å². The number of hydrogen-bond acceptors (Lipinski definition) is 4. The first-order valence-electron chi connectivity index (χ1n) is 5.44. The minimum atomic E-state index is -0.732. The predicted octanol–water partition coefficient (Wildman–Crippen LogP) is 0.488. The number of nitrogens with zero attached hydrogens (tertiary/aromatic N) is 1. The Morgan fingerprint density at radius 2 is 2.20 bits per heavy atom. The number of thioether (sulfide) groups is 1. The maximum atomic E-state index is 10.4. The standard InChI is InChI=1S/C10H20N2O2S/c1-9(8-10(13)14)11-2-3-12-4-6-15-7-5-12/h9,11H,2-8H2,1H3,(H,13,14). The highest BCUT2D eigenvalue weighted by molar-refractivity contribution is 7.99. The summed E-state index contributed by atoms with van der Waals surface area (Å²) in [7, 11) is 0. The van der Waals surface area contributed by atoms with E-state index < -0.39 is 5.97 Å². The van der Waals surface area contributed by atoms with Crippen LogP contribution in [0.4, 0.5) is 0 Å². The van der Waals surface area contributed by atoms with Gasteiger partial charge in [-0.3, -0.25) is 4.79 Å². The Labute approximate surface area is 95.4 Å². The largest absolute Gasteiger partial charge is 0.481 e. The molecule has 1 saturated heterocycles. The SMILES string of the molecule is CC(CC(=O)O)NCCN1CCSCC1. The van der Waals surface area contributed by atoms with E-state index in [2.05, 4.69) is 10.2 Å². The molecule has 88 valence electrons. The summed E-state index contributed by atoms with van der Waals surface area (Å²) in [4.78, 5) is 12.8. The Morgan fingerprint density at radius 3 is 2.80 bits per heavy atom. The van der Waals surface area contributed by atoms with Crippen molar-refractivity contribution in [3.05, 3.63) is 0 Å². The van der Waals surface area contributed by atoms with E-state index in [1.807, 2.05) is 18.7 Å². The van der Waals surface area contributed by atoms with E-state index in [1.165, 1.54) is 24.6 Å². The van der Waals surface area contributed by atoms with Gasteiger partial charge in [-0.1, -0.05) is 0 Å². The first-order valence-corrected chi connectivity index (χ1v) is 6.59. The molecule has 0 radical (unpaired) electrons. The summed E-state index contributed by atoms with van der Waals surface area (Å²) in [6, 6.07) is 0.0710. The Kier molecular flexibility index (Phi) is 6.05. The van der Waals surface area contributed by atoms with Crippen molar-refractivity contribution in [2.24, 2.45) is 0 Å². The third kappa shape index (κ3) is 6.02. The number of rotatable bonds is 6. The van der Waals surface area contributed by atoms with Gasteiger partial charge in [0.05, 0.1) is 6.42 Å². The van der Waals surface area contributed by atoms with Crippen LogP contribution in [0, 0.1) is 0 Å². The van der Waals surface area contributed by atoms with Gasteiger partial charge in [-0.25, -0.2) is 0 Å². The summed E-state index contributed by atoms with van der Waals surface area (Å²) in [5, 5.41) is 11.8. The van der Waals surface area contributed by atoms with Crippen molar-refractivity contribution in [1.82, 2.24) is 10.2 Å². The molecule has 0 aromatic carbocycles. The highest BCUT2D eigenvalue weighted by Gasteiger charge is 2.11. The smallest absolute Gasteiger partial charge is 0.304 e. The average Bonchev–Trinajstić information content (AvgIpc) is 2.18. The Bertz CT molecular complexity index is 196. The maximum absolute atomic E-state index is 10.4. The quantitative estimate of drug-likeness (QED) is 0.698. The number of carbonyl (C=O) groups is 1. The van der Waals surface area contributed by atoms with Gasteiger partial charge in [0.1, 0.15) is 0 Å². The van der Waals surface area contributed by atoms with Crippen LogP contribution in [-0.2, 0) is 4.79 Å². The minimum Gasteiger partial charge on any atom is -0.481 e. The fourth-order valence-electron chi connectivity index (χ4n) is 1.63. The van der Waals surface area contributed by atoms with Crippen LogP contribution in [0.15, 0.2) is 0 Å². The first-order chi connectivity index (χ1) is 7.18. The van der Waals surface area contributed by atoms with Crippen LogP contribution >= 0.6 is 11.8 Å². The molecule has 1 rings (SSSR count).